The minimum absolute atomic E-state index is 0.0781. The average molecular weight is 367 g/mol. The molecule has 0 atom stereocenters. The van der Waals surface area contributed by atoms with Crippen LogP contribution in [0, 0.1) is 0 Å². The summed E-state index contributed by atoms with van der Waals surface area (Å²) in [7, 11) is 0. The lowest BCUT2D eigenvalue weighted by molar-refractivity contribution is 0.0951. The summed E-state index contributed by atoms with van der Waals surface area (Å²) in [5.74, 6) is -0.0781. The molecule has 0 unspecified atom stereocenters. The van der Waals surface area contributed by atoms with E-state index in [0.717, 1.165) is 21.2 Å². The minimum atomic E-state index is -0.0781. The third-order valence-electron chi connectivity index (χ3n) is 3.51. The van der Waals surface area contributed by atoms with Gasteiger partial charge in [-0.15, -0.1) is 0 Å². The Morgan fingerprint density at radius 1 is 0.957 bits per heavy atom. The Labute approximate surface area is 143 Å². The van der Waals surface area contributed by atoms with E-state index < -0.39 is 0 Å². The van der Waals surface area contributed by atoms with E-state index in [0.29, 0.717) is 12.1 Å². The molecule has 0 aliphatic rings. The van der Waals surface area contributed by atoms with Gasteiger partial charge in [-0.1, -0.05) is 46.3 Å². The number of halogens is 1. The predicted molar refractivity (Wildman–Crippen MR) is 95.0 cm³/mol. The lowest BCUT2D eigenvalue weighted by Crippen LogP contribution is -2.22. The lowest BCUT2D eigenvalue weighted by Gasteiger charge is -2.07. The molecule has 0 radical (unpaired) electrons. The van der Waals surface area contributed by atoms with Crippen LogP contribution in [-0.4, -0.2) is 10.9 Å². The quantitative estimate of drug-likeness (QED) is 0.741. The van der Waals surface area contributed by atoms with Crippen molar-refractivity contribution in [2.75, 3.05) is 0 Å². The van der Waals surface area contributed by atoms with E-state index in [1.165, 1.54) is 0 Å². The minimum Gasteiger partial charge on any atom is -0.348 e. The van der Waals surface area contributed by atoms with Crippen molar-refractivity contribution in [3.8, 4) is 11.1 Å². The smallest absolute Gasteiger partial charge is 0.251 e. The first-order chi connectivity index (χ1) is 11.2. The highest BCUT2D eigenvalue weighted by atomic mass is 79.9. The second kappa shape index (κ2) is 7.20. The number of nitrogens with one attached hydrogen (secondary N) is 1. The monoisotopic (exact) mass is 366 g/mol. The second-order valence-corrected chi connectivity index (χ2v) is 6.04. The summed E-state index contributed by atoms with van der Waals surface area (Å²) in [4.78, 5) is 16.3. The van der Waals surface area contributed by atoms with Crippen molar-refractivity contribution in [1.29, 1.82) is 0 Å². The number of hydrogen-bond donors (Lipinski definition) is 1. The zero-order valence-corrected chi connectivity index (χ0v) is 14.0. The van der Waals surface area contributed by atoms with Crippen LogP contribution in [0.5, 0.6) is 0 Å². The van der Waals surface area contributed by atoms with Crippen molar-refractivity contribution in [2.24, 2.45) is 0 Å². The van der Waals surface area contributed by atoms with Crippen LogP contribution in [0.25, 0.3) is 11.1 Å². The van der Waals surface area contributed by atoms with Gasteiger partial charge >= 0.3 is 0 Å². The van der Waals surface area contributed by atoms with Gasteiger partial charge in [-0.2, -0.15) is 0 Å². The van der Waals surface area contributed by atoms with Crippen LogP contribution < -0.4 is 5.32 Å². The van der Waals surface area contributed by atoms with Crippen LogP contribution in [0.2, 0.25) is 0 Å². The fourth-order valence-electron chi connectivity index (χ4n) is 2.23. The van der Waals surface area contributed by atoms with Gasteiger partial charge in [-0.25, -0.2) is 0 Å². The number of rotatable bonds is 4. The Kier molecular flexibility index (Phi) is 4.83. The Bertz CT molecular complexity index is 784. The van der Waals surface area contributed by atoms with E-state index in [1.54, 1.807) is 6.20 Å². The van der Waals surface area contributed by atoms with Gasteiger partial charge in [0.15, 0.2) is 0 Å². The molecule has 23 heavy (non-hydrogen) atoms. The molecule has 0 aliphatic carbocycles. The van der Waals surface area contributed by atoms with Crippen molar-refractivity contribution < 1.29 is 4.79 Å². The Balaban J connectivity index is 1.65. The summed E-state index contributed by atoms with van der Waals surface area (Å²) >= 11 is 3.40. The average Bonchev–Trinajstić information content (AvgIpc) is 2.62. The second-order valence-electron chi connectivity index (χ2n) is 5.13. The van der Waals surface area contributed by atoms with Crippen molar-refractivity contribution in [1.82, 2.24) is 10.3 Å². The van der Waals surface area contributed by atoms with Gasteiger partial charge in [0.1, 0.15) is 0 Å². The zero-order chi connectivity index (χ0) is 16.1. The van der Waals surface area contributed by atoms with Crippen molar-refractivity contribution in [3.05, 3.63) is 88.7 Å². The first-order valence-electron chi connectivity index (χ1n) is 7.25. The number of hydrogen-bond acceptors (Lipinski definition) is 2. The fraction of sp³-hybridized carbons (Fsp3) is 0.0526. The summed E-state index contributed by atoms with van der Waals surface area (Å²) in [6.45, 7) is 0.510. The molecule has 3 rings (SSSR count). The molecule has 1 heterocycles. The van der Waals surface area contributed by atoms with Crippen LogP contribution in [0.3, 0.4) is 0 Å². The van der Waals surface area contributed by atoms with Crippen LogP contribution >= 0.6 is 15.9 Å². The number of pyridine rings is 1. The number of carbonyl (C=O) groups excluding carboxylic acids is 1. The number of benzene rings is 2. The maximum atomic E-state index is 12.2. The van der Waals surface area contributed by atoms with Crippen LogP contribution in [0.15, 0.2) is 77.5 Å². The highest BCUT2D eigenvalue weighted by Gasteiger charge is 2.06. The summed E-state index contributed by atoms with van der Waals surface area (Å²) in [6, 6.07) is 19.3. The first-order valence-corrected chi connectivity index (χ1v) is 8.05. The number of nitrogens with zero attached hydrogens (tertiary/aromatic N) is 1. The highest BCUT2D eigenvalue weighted by molar-refractivity contribution is 9.10. The van der Waals surface area contributed by atoms with Gasteiger partial charge in [0.25, 0.3) is 5.91 Å². The predicted octanol–water partition coefficient (Wildman–Crippen LogP) is 4.44. The maximum absolute atomic E-state index is 12.2. The molecular formula is C19H15BrN2O. The summed E-state index contributed by atoms with van der Waals surface area (Å²) in [5.41, 5.74) is 3.79. The van der Waals surface area contributed by atoms with Crippen LogP contribution in [0.1, 0.15) is 15.9 Å². The molecule has 3 aromatic rings. The normalized spacial score (nSPS) is 10.3. The molecule has 114 valence electrons. The molecule has 0 fully saturated rings. The molecule has 2 aromatic carbocycles. The van der Waals surface area contributed by atoms with Crippen molar-refractivity contribution in [2.45, 2.75) is 6.54 Å². The van der Waals surface area contributed by atoms with E-state index in [2.05, 4.69) is 26.2 Å². The van der Waals surface area contributed by atoms with Crippen molar-refractivity contribution >= 4 is 21.8 Å². The van der Waals surface area contributed by atoms with Gasteiger partial charge < -0.3 is 5.32 Å². The first kappa shape index (κ1) is 15.4. The molecule has 3 nitrogen and oxygen atoms in total. The van der Waals surface area contributed by atoms with Gasteiger partial charge in [-0.3, -0.25) is 9.78 Å². The molecule has 1 N–H and O–H groups in total. The van der Waals surface area contributed by atoms with Gasteiger partial charge in [0.05, 0.1) is 0 Å². The third kappa shape index (κ3) is 4.05. The summed E-state index contributed by atoms with van der Waals surface area (Å²) in [6.07, 6.45) is 3.55. The molecule has 0 saturated heterocycles. The Morgan fingerprint density at radius 3 is 2.35 bits per heavy atom. The van der Waals surface area contributed by atoms with E-state index in [-0.39, 0.29) is 5.91 Å². The maximum Gasteiger partial charge on any atom is 0.251 e. The largest absolute Gasteiger partial charge is 0.348 e. The van der Waals surface area contributed by atoms with Gasteiger partial charge in [-0.05, 0) is 47.0 Å². The summed E-state index contributed by atoms with van der Waals surface area (Å²) in [5, 5.41) is 2.93. The molecule has 0 bridgehead atoms. The molecule has 0 aliphatic heterocycles. The SMILES string of the molecule is O=C(NCc1ccc(Br)cc1)c1ccc(-c2cccnc2)cc1. The number of aromatic nitrogens is 1. The topological polar surface area (TPSA) is 42.0 Å². The van der Waals surface area contributed by atoms with E-state index in [4.69, 9.17) is 0 Å². The lowest BCUT2D eigenvalue weighted by atomic mass is 10.1. The van der Waals surface area contributed by atoms with Gasteiger partial charge in [0.2, 0.25) is 0 Å². The van der Waals surface area contributed by atoms with Crippen LogP contribution in [-0.2, 0) is 6.54 Å². The molecule has 1 amide bonds. The summed E-state index contributed by atoms with van der Waals surface area (Å²) < 4.78 is 1.03. The van der Waals surface area contributed by atoms with E-state index in [9.17, 15) is 4.79 Å². The molecule has 4 heteroatoms. The standard InChI is InChI=1S/C19H15BrN2O/c20-18-9-3-14(4-10-18)12-22-19(23)16-7-5-15(6-8-16)17-2-1-11-21-13-17/h1-11,13H,12H2,(H,22,23). The van der Waals surface area contributed by atoms with Crippen LogP contribution in [0.4, 0.5) is 0 Å². The molecule has 0 spiro atoms. The van der Waals surface area contributed by atoms with Gasteiger partial charge in [0, 0.05) is 29.0 Å². The number of amides is 1. The van der Waals surface area contributed by atoms with E-state index in [1.807, 2.05) is 66.9 Å². The number of carbonyl (C=O) groups is 1. The zero-order valence-electron chi connectivity index (χ0n) is 12.4. The van der Waals surface area contributed by atoms with E-state index >= 15 is 0 Å². The molecular weight excluding hydrogens is 352 g/mol. The van der Waals surface area contributed by atoms with Crippen molar-refractivity contribution in [3.63, 3.8) is 0 Å². The third-order valence-corrected chi connectivity index (χ3v) is 4.04. The Hall–Kier alpha value is -2.46. The Morgan fingerprint density at radius 2 is 1.70 bits per heavy atom. The fourth-order valence-corrected chi connectivity index (χ4v) is 2.50. The molecule has 1 aromatic heterocycles. The highest BCUT2D eigenvalue weighted by Crippen LogP contribution is 2.18. The molecule has 0 saturated carbocycles.